The van der Waals surface area contributed by atoms with Crippen molar-refractivity contribution in [3.8, 4) is 0 Å². The number of amides is 1. The molecule has 0 saturated heterocycles. The van der Waals surface area contributed by atoms with Crippen LogP contribution in [-0.4, -0.2) is 21.9 Å². The molecule has 2 unspecified atom stereocenters. The van der Waals surface area contributed by atoms with Crippen molar-refractivity contribution in [3.63, 3.8) is 0 Å². The molecular formula is C20H19F3N4O2. The Morgan fingerprint density at radius 3 is 2.79 bits per heavy atom. The first-order valence-corrected chi connectivity index (χ1v) is 9.22. The predicted octanol–water partition coefficient (Wildman–Crippen LogP) is 4.95. The normalized spacial score (nSPS) is 18.8. The number of nitrogens with zero attached hydrogens (tertiary/aromatic N) is 2. The van der Waals surface area contributed by atoms with E-state index in [0.29, 0.717) is 17.9 Å². The number of halogens is 3. The monoisotopic (exact) mass is 404 g/mol. The molecule has 3 aromatic rings. The van der Waals surface area contributed by atoms with Crippen LogP contribution in [0.2, 0.25) is 0 Å². The number of benzene rings is 1. The summed E-state index contributed by atoms with van der Waals surface area (Å²) in [7, 11) is 0. The van der Waals surface area contributed by atoms with Gasteiger partial charge in [0.2, 0.25) is 0 Å². The van der Waals surface area contributed by atoms with Crippen molar-refractivity contribution in [2.45, 2.75) is 38.0 Å². The number of aromatic nitrogens is 2. The van der Waals surface area contributed by atoms with Gasteiger partial charge in [-0.05, 0) is 30.2 Å². The largest absolute Gasteiger partial charge is 0.467 e. The Morgan fingerprint density at radius 1 is 1.31 bits per heavy atom. The molecule has 0 aliphatic carbocycles. The van der Waals surface area contributed by atoms with Crippen LogP contribution in [0.5, 0.6) is 0 Å². The summed E-state index contributed by atoms with van der Waals surface area (Å²) in [6.45, 7) is 1.95. The zero-order chi connectivity index (χ0) is 20.6. The van der Waals surface area contributed by atoms with Crippen molar-refractivity contribution < 1.29 is 22.4 Å². The zero-order valence-electron chi connectivity index (χ0n) is 15.5. The first-order valence-electron chi connectivity index (χ1n) is 9.22. The molecule has 0 saturated carbocycles. The third-order valence-electron chi connectivity index (χ3n) is 4.96. The summed E-state index contributed by atoms with van der Waals surface area (Å²) >= 11 is 0. The third kappa shape index (κ3) is 3.72. The van der Waals surface area contributed by atoms with Gasteiger partial charge < -0.3 is 15.1 Å². The second-order valence-corrected chi connectivity index (χ2v) is 6.83. The van der Waals surface area contributed by atoms with E-state index in [-0.39, 0.29) is 17.9 Å². The molecule has 1 aliphatic rings. The number of carbonyl (C=O) groups excluding carboxylic acids is 1. The number of hydrogen-bond donors (Lipinski definition) is 2. The number of hydrogen-bond acceptors (Lipinski definition) is 4. The van der Waals surface area contributed by atoms with Gasteiger partial charge in [-0.25, -0.2) is 4.68 Å². The first-order chi connectivity index (χ1) is 13.9. The van der Waals surface area contributed by atoms with Gasteiger partial charge in [0.15, 0.2) is 11.7 Å². The van der Waals surface area contributed by atoms with Gasteiger partial charge in [-0.15, -0.1) is 0 Å². The molecule has 1 amide bonds. The second kappa shape index (κ2) is 7.31. The fourth-order valence-corrected chi connectivity index (χ4v) is 3.50. The van der Waals surface area contributed by atoms with Crippen LogP contribution in [0.15, 0.2) is 53.1 Å². The Morgan fingerprint density at radius 2 is 2.10 bits per heavy atom. The molecular weight excluding hydrogens is 385 g/mol. The van der Waals surface area contributed by atoms with Crippen molar-refractivity contribution >= 4 is 17.4 Å². The smallest absolute Gasteiger partial charge is 0.410 e. The van der Waals surface area contributed by atoms with Crippen LogP contribution in [0.25, 0.3) is 0 Å². The second-order valence-electron chi connectivity index (χ2n) is 6.83. The molecule has 0 bridgehead atoms. The van der Waals surface area contributed by atoms with Crippen molar-refractivity contribution in [1.82, 2.24) is 9.78 Å². The Labute approximate surface area is 164 Å². The molecule has 4 rings (SSSR count). The van der Waals surface area contributed by atoms with E-state index in [1.165, 1.54) is 12.3 Å². The molecule has 29 heavy (non-hydrogen) atoms. The van der Waals surface area contributed by atoms with Crippen LogP contribution in [0.3, 0.4) is 0 Å². The molecule has 9 heteroatoms. The van der Waals surface area contributed by atoms with E-state index in [1.54, 1.807) is 24.3 Å². The maximum absolute atomic E-state index is 13.7. The molecule has 0 spiro atoms. The van der Waals surface area contributed by atoms with Crippen LogP contribution in [-0.2, 0) is 6.42 Å². The Hall–Kier alpha value is -3.23. The van der Waals surface area contributed by atoms with Crippen LogP contribution in [0.4, 0.5) is 24.7 Å². The summed E-state index contributed by atoms with van der Waals surface area (Å²) in [5, 5.41) is 9.68. The average molecular weight is 404 g/mol. The molecule has 2 N–H and O–H groups in total. The molecule has 152 valence electrons. The Kier molecular flexibility index (Phi) is 4.81. The molecule has 1 aliphatic heterocycles. The van der Waals surface area contributed by atoms with Gasteiger partial charge in [-0.3, -0.25) is 4.79 Å². The highest BCUT2D eigenvalue weighted by atomic mass is 19.4. The number of furan rings is 1. The standard InChI is InChI=1S/C20H19F3N4O2/c1-2-12-6-3-4-7-13(12)25-19(28)15-11-18-24-14(16-8-5-9-29-16)10-17(20(21,22)23)27(18)26-15/h3-9,11,14,17,24H,2,10H2,1H3,(H,25,28). The number of aryl methyl sites for hydroxylation is 1. The van der Waals surface area contributed by atoms with Gasteiger partial charge in [-0.2, -0.15) is 18.3 Å². The maximum atomic E-state index is 13.7. The van der Waals surface area contributed by atoms with E-state index in [1.807, 2.05) is 19.1 Å². The molecule has 3 heterocycles. The summed E-state index contributed by atoms with van der Waals surface area (Å²) in [4.78, 5) is 12.7. The van der Waals surface area contributed by atoms with Crippen LogP contribution < -0.4 is 10.6 Å². The van der Waals surface area contributed by atoms with Crippen molar-refractivity contribution in [2.75, 3.05) is 10.6 Å². The maximum Gasteiger partial charge on any atom is 0.410 e. The first kappa shape index (κ1) is 19.1. The van der Waals surface area contributed by atoms with Crippen LogP contribution in [0, 0.1) is 0 Å². The molecule has 6 nitrogen and oxygen atoms in total. The predicted molar refractivity (Wildman–Crippen MR) is 101 cm³/mol. The van der Waals surface area contributed by atoms with E-state index in [9.17, 15) is 18.0 Å². The minimum Gasteiger partial charge on any atom is -0.467 e. The number of fused-ring (bicyclic) bond motifs is 1. The molecule has 1 aromatic carbocycles. The Bertz CT molecular complexity index is 1010. The fourth-order valence-electron chi connectivity index (χ4n) is 3.50. The summed E-state index contributed by atoms with van der Waals surface area (Å²) in [6, 6.07) is 9.30. The summed E-state index contributed by atoms with van der Waals surface area (Å²) < 4.78 is 47.1. The lowest BCUT2D eigenvalue weighted by Gasteiger charge is -2.32. The molecule has 0 fully saturated rings. The van der Waals surface area contributed by atoms with Gasteiger partial charge in [0.05, 0.1) is 12.3 Å². The summed E-state index contributed by atoms with van der Waals surface area (Å²) in [5.41, 5.74) is 1.45. The van der Waals surface area contributed by atoms with E-state index < -0.39 is 24.2 Å². The van der Waals surface area contributed by atoms with Crippen molar-refractivity contribution in [3.05, 3.63) is 65.7 Å². The highest BCUT2D eigenvalue weighted by Crippen LogP contribution is 2.43. The number of anilines is 2. The highest BCUT2D eigenvalue weighted by molar-refractivity contribution is 6.03. The third-order valence-corrected chi connectivity index (χ3v) is 4.96. The van der Waals surface area contributed by atoms with Gasteiger partial charge in [-0.1, -0.05) is 25.1 Å². The van der Waals surface area contributed by atoms with E-state index in [0.717, 1.165) is 10.2 Å². The van der Waals surface area contributed by atoms with E-state index in [2.05, 4.69) is 15.7 Å². The number of rotatable bonds is 4. The lowest BCUT2D eigenvalue weighted by atomic mass is 10.0. The van der Waals surface area contributed by atoms with Crippen molar-refractivity contribution in [2.24, 2.45) is 0 Å². The van der Waals surface area contributed by atoms with E-state index in [4.69, 9.17) is 4.42 Å². The van der Waals surface area contributed by atoms with Gasteiger partial charge in [0, 0.05) is 18.2 Å². The molecule has 2 atom stereocenters. The molecule has 2 aromatic heterocycles. The zero-order valence-corrected chi connectivity index (χ0v) is 15.5. The van der Waals surface area contributed by atoms with E-state index >= 15 is 0 Å². The number of carbonyl (C=O) groups is 1. The quantitative estimate of drug-likeness (QED) is 0.645. The van der Waals surface area contributed by atoms with Crippen LogP contribution in [0.1, 0.15) is 47.2 Å². The summed E-state index contributed by atoms with van der Waals surface area (Å²) in [5.74, 6) is -0.0476. The highest BCUT2D eigenvalue weighted by Gasteiger charge is 2.47. The number of alkyl halides is 3. The Balaban J connectivity index is 1.64. The minimum atomic E-state index is -4.52. The topological polar surface area (TPSA) is 72.1 Å². The minimum absolute atomic E-state index is 0.0900. The van der Waals surface area contributed by atoms with Crippen molar-refractivity contribution in [1.29, 1.82) is 0 Å². The number of nitrogens with one attached hydrogen (secondary N) is 2. The van der Waals surface area contributed by atoms with Gasteiger partial charge in [0.25, 0.3) is 5.91 Å². The lowest BCUT2D eigenvalue weighted by molar-refractivity contribution is -0.174. The average Bonchev–Trinajstić information content (AvgIpc) is 3.36. The van der Waals surface area contributed by atoms with Gasteiger partial charge in [0.1, 0.15) is 11.6 Å². The lowest BCUT2D eigenvalue weighted by Crippen LogP contribution is -2.35. The summed E-state index contributed by atoms with van der Waals surface area (Å²) in [6.07, 6.45) is -2.68. The van der Waals surface area contributed by atoms with Crippen LogP contribution >= 0.6 is 0 Å². The molecule has 0 radical (unpaired) electrons. The fraction of sp³-hybridized carbons (Fsp3) is 0.300. The SMILES string of the molecule is CCc1ccccc1NC(=O)c1cc2n(n1)C(C(F)(F)F)CC(c1ccco1)N2. The van der Waals surface area contributed by atoms with Gasteiger partial charge >= 0.3 is 6.18 Å². The number of para-hydroxylation sites is 1.